The molecule has 25 heavy (non-hydrogen) atoms. The molecule has 1 unspecified atom stereocenters. The number of piperidine rings is 1. The van der Waals surface area contributed by atoms with Gasteiger partial charge in [-0.3, -0.25) is 4.79 Å². The zero-order valence-electron chi connectivity index (χ0n) is 15.2. The summed E-state index contributed by atoms with van der Waals surface area (Å²) in [4.78, 5) is 24.4. The van der Waals surface area contributed by atoms with E-state index in [1.54, 1.807) is 0 Å². The third-order valence-corrected chi connectivity index (χ3v) is 5.93. The van der Waals surface area contributed by atoms with Crippen LogP contribution in [0.3, 0.4) is 0 Å². The van der Waals surface area contributed by atoms with Crippen molar-refractivity contribution in [2.45, 2.75) is 50.4 Å². The molecule has 0 spiro atoms. The first-order valence-electron chi connectivity index (χ1n) is 8.88. The molecule has 0 N–H and O–H groups in total. The number of thioether (sulfide) groups is 1. The van der Waals surface area contributed by atoms with Gasteiger partial charge >= 0.3 is 0 Å². The van der Waals surface area contributed by atoms with Gasteiger partial charge in [0.05, 0.1) is 0 Å². The van der Waals surface area contributed by atoms with Crippen molar-refractivity contribution in [1.82, 2.24) is 14.9 Å². The number of nitrogens with zero attached hydrogens (tertiary/aromatic N) is 3. The zero-order chi connectivity index (χ0) is 17.8. The fourth-order valence-corrected chi connectivity index (χ4v) is 4.20. The van der Waals surface area contributed by atoms with Gasteiger partial charge in [0.15, 0.2) is 5.16 Å². The summed E-state index contributed by atoms with van der Waals surface area (Å²) in [5.74, 6) is 0.176. The highest BCUT2D eigenvalue weighted by atomic mass is 32.2. The SMILES string of the molecule is Cc1nc(SC(C(=O)N2CCCCC2)c2ccccc2)nc(C)c1C. The van der Waals surface area contributed by atoms with E-state index in [1.165, 1.54) is 18.2 Å². The van der Waals surface area contributed by atoms with Gasteiger partial charge in [-0.2, -0.15) is 0 Å². The molecule has 1 aromatic heterocycles. The second-order valence-corrected chi connectivity index (χ2v) is 7.67. The first-order valence-corrected chi connectivity index (χ1v) is 9.76. The Kier molecular flexibility index (Phi) is 5.74. The number of aromatic nitrogens is 2. The summed E-state index contributed by atoms with van der Waals surface area (Å²) in [7, 11) is 0. The van der Waals surface area contributed by atoms with E-state index in [0.717, 1.165) is 48.4 Å². The number of benzene rings is 1. The van der Waals surface area contributed by atoms with Gasteiger partial charge in [0.25, 0.3) is 0 Å². The Balaban J connectivity index is 1.90. The van der Waals surface area contributed by atoms with Gasteiger partial charge in [-0.05, 0) is 51.2 Å². The Labute approximate surface area is 154 Å². The first-order chi connectivity index (χ1) is 12.1. The minimum Gasteiger partial charge on any atom is -0.341 e. The average Bonchev–Trinajstić information content (AvgIpc) is 2.65. The van der Waals surface area contributed by atoms with Crippen LogP contribution in [0.1, 0.15) is 47.0 Å². The summed E-state index contributed by atoms with van der Waals surface area (Å²) < 4.78 is 0. The number of rotatable bonds is 4. The predicted octanol–water partition coefficient (Wildman–Crippen LogP) is 4.25. The van der Waals surface area contributed by atoms with Crippen LogP contribution in [0.2, 0.25) is 0 Å². The third-order valence-electron chi connectivity index (χ3n) is 4.83. The van der Waals surface area contributed by atoms with Crippen molar-refractivity contribution >= 4 is 17.7 Å². The van der Waals surface area contributed by atoms with Crippen molar-refractivity contribution in [3.05, 3.63) is 52.8 Å². The van der Waals surface area contributed by atoms with Gasteiger partial charge < -0.3 is 4.90 Å². The minimum atomic E-state index is -0.291. The zero-order valence-corrected chi connectivity index (χ0v) is 16.0. The summed E-state index contributed by atoms with van der Waals surface area (Å²) in [5, 5.41) is 0.389. The number of aryl methyl sites for hydroxylation is 2. The monoisotopic (exact) mass is 355 g/mol. The maximum Gasteiger partial charge on any atom is 0.240 e. The molecule has 132 valence electrons. The van der Waals surface area contributed by atoms with E-state index in [9.17, 15) is 4.79 Å². The molecule has 1 aromatic carbocycles. The van der Waals surface area contributed by atoms with Gasteiger partial charge in [-0.25, -0.2) is 9.97 Å². The summed E-state index contributed by atoms with van der Waals surface area (Å²) >= 11 is 1.47. The topological polar surface area (TPSA) is 46.1 Å². The van der Waals surface area contributed by atoms with Crippen LogP contribution < -0.4 is 0 Å². The molecule has 5 heteroatoms. The van der Waals surface area contributed by atoms with Crippen molar-refractivity contribution in [1.29, 1.82) is 0 Å². The molecule has 0 saturated carbocycles. The molecule has 1 atom stereocenters. The van der Waals surface area contributed by atoms with Gasteiger partial charge in [-0.1, -0.05) is 42.1 Å². The molecule has 2 aromatic rings. The second kappa shape index (κ2) is 8.00. The molecule has 1 aliphatic heterocycles. The molecule has 1 fully saturated rings. The summed E-state index contributed by atoms with van der Waals surface area (Å²) in [5.41, 5.74) is 4.09. The summed E-state index contributed by atoms with van der Waals surface area (Å²) in [6.45, 7) is 7.74. The van der Waals surface area contributed by atoms with E-state index in [2.05, 4.69) is 9.97 Å². The molecule has 0 aliphatic carbocycles. The molecular formula is C20H25N3OS. The molecule has 1 aliphatic rings. The number of carbonyl (C=O) groups excluding carboxylic acids is 1. The quantitative estimate of drug-likeness (QED) is 0.608. The normalized spacial score (nSPS) is 15.9. The van der Waals surface area contributed by atoms with Crippen molar-refractivity contribution in [3.63, 3.8) is 0 Å². The Morgan fingerprint density at radius 1 is 1.00 bits per heavy atom. The van der Waals surface area contributed by atoms with Crippen LogP contribution in [-0.2, 0) is 4.79 Å². The lowest BCUT2D eigenvalue weighted by atomic mass is 10.1. The third kappa shape index (κ3) is 4.21. The van der Waals surface area contributed by atoms with Crippen LogP contribution in [-0.4, -0.2) is 33.9 Å². The molecule has 0 bridgehead atoms. The maximum absolute atomic E-state index is 13.2. The number of hydrogen-bond donors (Lipinski definition) is 0. The van der Waals surface area contributed by atoms with E-state index < -0.39 is 0 Å². The molecule has 0 radical (unpaired) electrons. The van der Waals surface area contributed by atoms with Crippen LogP contribution in [0.4, 0.5) is 0 Å². The van der Waals surface area contributed by atoms with Gasteiger partial charge in [0, 0.05) is 24.5 Å². The fraction of sp³-hybridized carbons (Fsp3) is 0.450. The lowest BCUT2D eigenvalue weighted by molar-refractivity contribution is -0.131. The van der Waals surface area contributed by atoms with Crippen molar-refractivity contribution in [2.75, 3.05) is 13.1 Å². The summed E-state index contributed by atoms with van der Waals surface area (Å²) in [6, 6.07) is 9.99. The lowest BCUT2D eigenvalue weighted by Crippen LogP contribution is -2.38. The Hall–Kier alpha value is -1.88. The van der Waals surface area contributed by atoms with Crippen molar-refractivity contribution in [3.8, 4) is 0 Å². The number of carbonyl (C=O) groups is 1. The standard InChI is InChI=1S/C20H25N3OS/c1-14-15(2)21-20(22-16(14)3)25-18(17-10-6-4-7-11-17)19(24)23-12-8-5-9-13-23/h4,6-7,10-11,18H,5,8-9,12-13H2,1-3H3. The van der Waals surface area contributed by atoms with Crippen LogP contribution in [0, 0.1) is 20.8 Å². The smallest absolute Gasteiger partial charge is 0.240 e. The van der Waals surface area contributed by atoms with Crippen molar-refractivity contribution in [2.24, 2.45) is 0 Å². The highest BCUT2D eigenvalue weighted by molar-refractivity contribution is 8.00. The first kappa shape index (κ1) is 17.9. The Morgan fingerprint density at radius 3 is 2.20 bits per heavy atom. The van der Waals surface area contributed by atoms with Gasteiger partial charge in [0.1, 0.15) is 5.25 Å². The van der Waals surface area contributed by atoms with Gasteiger partial charge in [0.2, 0.25) is 5.91 Å². The molecular weight excluding hydrogens is 330 g/mol. The Morgan fingerprint density at radius 2 is 1.60 bits per heavy atom. The van der Waals surface area contributed by atoms with E-state index in [4.69, 9.17) is 0 Å². The lowest BCUT2D eigenvalue weighted by Gasteiger charge is -2.30. The minimum absolute atomic E-state index is 0.176. The van der Waals surface area contributed by atoms with E-state index in [-0.39, 0.29) is 11.2 Å². The van der Waals surface area contributed by atoms with Crippen LogP contribution >= 0.6 is 11.8 Å². The van der Waals surface area contributed by atoms with Crippen LogP contribution in [0.5, 0.6) is 0 Å². The fourth-order valence-electron chi connectivity index (χ4n) is 3.07. The summed E-state index contributed by atoms with van der Waals surface area (Å²) in [6.07, 6.45) is 3.40. The van der Waals surface area contributed by atoms with Crippen LogP contribution in [0.25, 0.3) is 0 Å². The van der Waals surface area contributed by atoms with E-state index >= 15 is 0 Å². The van der Waals surface area contributed by atoms with E-state index in [0.29, 0.717) is 5.16 Å². The predicted molar refractivity (Wildman–Crippen MR) is 102 cm³/mol. The maximum atomic E-state index is 13.2. The number of amides is 1. The van der Waals surface area contributed by atoms with Gasteiger partial charge in [-0.15, -0.1) is 0 Å². The average molecular weight is 356 g/mol. The second-order valence-electron chi connectivity index (χ2n) is 6.60. The van der Waals surface area contributed by atoms with Crippen LogP contribution in [0.15, 0.2) is 35.5 Å². The Bertz CT molecular complexity index is 719. The van der Waals surface area contributed by atoms with Crippen molar-refractivity contribution < 1.29 is 4.79 Å². The molecule has 1 saturated heterocycles. The highest BCUT2D eigenvalue weighted by Gasteiger charge is 2.29. The largest absolute Gasteiger partial charge is 0.341 e. The number of likely N-dealkylation sites (tertiary alicyclic amines) is 1. The van der Waals surface area contributed by atoms with E-state index in [1.807, 2.05) is 56.0 Å². The molecule has 1 amide bonds. The number of hydrogen-bond acceptors (Lipinski definition) is 4. The molecule has 3 rings (SSSR count). The molecule has 2 heterocycles. The highest BCUT2D eigenvalue weighted by Crippen LogP contribution is 2.36. The molecule has 4 nitrogen and oxygen atoms in total.